The second kappa shape index (κ2) is 6.80. The zero-order chi connectivity index (χ0) is 17.2. The molecule has 2 heterocycles. The summed E-state index contributed by atoms with van der Waals surface area (Å²) in [5.41, 5.74) is 2.43. The standard InChI is InChI=1S/C16H14ClN3O2S2/c1-11-4-2-3-5-13(11)19-15-8-6-12(10-18-15)20-24(21,22)16-9-7-14(17)23-16/h2-10,20H,1H3,(H,18,19). The van der Waals surface area contributed by atoms with E-state index in [0.717, 1.165) is 22.6 Å². The van der Waals surface area contributed by atoms with Gasteiger partial charge in [-0.3, -0.25) is 4.72 Å². The number of halogens is 1. The second-order valence-corrected chi connectivity index (χ2v) is 8.66. The highest BCUT2D eigenvalue weighted by Crippen LogP contribution is 2.27. The van der Waals surface area contributed by atoms with Crippen molar-refractivity contribution in [1.82, 2.24) is 4.98 Å². The van der Waals surface area contributed by atoms with Crippen LogP contribution >= 0.6 is 22.9 Å². The Kier molecular flexibility index (Phi) is 4.75. The van der Waals surface area contributed by atoms with Gasteiger partial charge in [-0.05, 0) is 42.8 Å². The molecule has 0 radical (unpaired) electrons. The number of sulfonamides is 1. The Morgan fingerprint density at radius 3 is 2.50 bits per heavy atom. The van der Waals surface area contributed by atoms with Gasteiger partial charge in [0.05, 0.1) is 16.2 Å². The molecule has 0 atom stereocenters. The van der Waals surface area contributed by atoms with E-state index in [9.17, 15) is 8.42 Å². The normalized spacial score (nSPS) is 11.2. The summed E-state index contributed by atoms with van der Waals surface area (Å²) in [5, 5.41) is 3.19. The van der Waals surface area contributed by atoms with Gasteiger partial charge in [0.2, 0.25) is 0 Å². The highest BCUT2D eigenvalue weighted by atomic mass is 35.5. The summed E-state index contributed by atoms with van der Waals surface area (Å²) in [6.45, 7) is 2.00. The number of hydrogen-bond acceptors (Lipinski definition) is 5. The molecule has 0 aliphatic heterocycles. The highest BCUT2D eigenvalue weighted by Gasteiger charge is 2.16. The van der Waals surface area contributed by atoms with Gasteiger partial charge < -0.3 is 5.32 Å². The number of nitrogens with one attached hydrogen (secondary N) is 2. The molecule has 0 saturated carbocycles. The van der Waals surface area contributed by atoms with Crippen LogP contribution in [0.4, 0.5) is 17.2 Å². The molecular formula is C16H14ClN3O2S2. The molecule has 2 N–H and O–H groups in total. The third-order valence-corrected chi connectivity index (χ3v) is 6.34. The van der Waals surface area contributed by atoms with E-state index in [0.29, 0.717) is 15.8 Å². The van der Waals surface area contributed by atoms with Gasteiger partial charge in [-0.15, -0.1) is 11.3 Å². The number of para-hydroxylation sites is 1. The molecule has 3 rings (SSSR count). The smallest absolute Gasteiger partial charge is 0.271 e. The van der Waals surface area contributed by atoms with Crippen LogP contribution < -0.4 is 10.0 Å². The minimum Gasteiger partial charge on any atom is -0.340 e. The molecule has 3 aromatic rings. The van der Waals surface area contributed by atoms with Crippen molar-refractivity contribution < 1.29 is 8.42 Å². The number of aryl methyl sites for hydroxylation is 1. The first-order valence-corrected chi connectivity index (χ1v) is 9.69. The Labute approximate surface area is 149 Å². The predicted octanol–water partition coefficient (Wildman–Crippen LogP) is 4.65. The van der Waals surface area contributed by atoms with Crippen LogP contribution in [0.15, 0.2) is 58.9 Å². The highest BCUT2D eigenvalue weighted by molar-refractivity contribution is 7.94. The topological polar surface area (TPSA) is 71.1 Å². The quantitative estimate of drug-likeness (QED) is 0.676. The third-order valence-electron chi connectivity index (χ3n) is 3.24. The molecule has 0 aliphatic carbocycles. The molecule has 8 heteroatoms. The fourth-order valence-electron chi connectivity index (χ4n) is 2.03. The van der Waals surface area contributed by atoms with Gasteiger partial charge in [-0.1, -0.05) is 29.8 Å². The summed E-state index contributed by atoms with van der Waals surface area (Å²) >= 11 is 6.79. The number of hydrogen-bond donors (Lipinski definition) is 2. The largest absolute Gasteiger partial charge is 0.340 e. The minimum absolute atomic E-state index is 0.162. The van der Waals surface area contributed by atoms with Crippen molar-refractivity contribution >= 4 is 50.2 Å². The molecule has 124 valence electrons. The van der Waals surface area contributed by atoms with E-state index in [1.165, 1.54) is 12.3 Å². The molecular weight excluding hydrogens is 366 g/mol. The van der Waals surface area contributed by atoms with E-state index in [2.05, 4.69) is 15.0 Å². The second-order valence-electron chi connectivity index (χ2n) is 5.04. The molecule has 0 spiro atoms. The maximum atomic E-state index is 12.2. The van der Waals surface area contributed by atoms with Crippen LogP contribution in [0.2, 0.25) is 4.34 Å². The fraction of sp³-hybridized carbons (Fsp3) is 0.0625. The van der Waals surface area contributed by atoms with Gasteiger partial charge in [-0.2, -0.15) is 0 Å². The van der Waals surface area contributed by atoms with Gasteiger partial charge in [-0.25, -0.2) is 13.4 Å². The number of anilines is 3. The first-order chi connectivity index (χ1) is 11.4. The SMILES string of the molecule is Cc1ccccc1Nc1ccc(NS(=O)(=O)c2ccc(Cl)s2)cn1. The maximum absolute atomic E-state index is 12.2. The van der Waals surface area contributed by atoms with Crippen LogP contribution in [-0.2, 0) is 10.0 Å². The van der Waals surface area contributed by atoms with Gasteiger partial charge in [0, 0.05) is 5.69 Å². The van der Waals surface area contributed by atoms with Crippen molar-refractivity contribution in [1.29, 1.82) is 0 Å². The monoisotopic (exact) mass is 379 g/mol. The van der Waals surface area contributed by atoms with E-state index in [4.69, 9.17) is 11.6 Å². The Balaban J connectivity index is 1.74. The Morgan fingerprint density at radius 1 is 1.08 bits per heavy atom. The van der Waals surface area contributed by atoms with Crippen LogP contribution in [-0.4, -0.2) is 13.4 Å². The summed E-state index contributed by atoms with van der Waals surface area (Å²) in [4.78, 5) is 4.24. The van der Waals surface area contributed by atoms with E-state index in [1.54, 1.807) is 18.2 Å². The predicted molar refractivity (Wildman–Crippen MR) is 98.8 cm³/mol. The van der Waals surface area contributed by atoms with Gasteiger partial charge in [0.15, 0.2) is 0 Å². The first-order valence-electron chi connectivity index (χ1n) is 7.01. The summed E-state index contributed by atoms with van der Waals surface area (Å²) in [6, 6.07) is 14.2. The van der Waals surface area contributed by atoms with Gasteiger partial charge in [0.1, 0.15) is 10.0 Å². The molecule has 2 aromatic heterocycles. The number of pyridine rings is 1. The first kappa shape index (κ1) is 16.8. The average Bonchev–Trinajstić information content (AvgIpc) is 2.99. The molecule has 1 aromatic carbocycles. The molecule has 0 aliphatic rings. The Morgan fingerprint density at radius 2 is 1.88 bits per heavy atom. The number of thiophene rings is 1. The number of rotatable bonds is 5. The lowest BCUT2D eigenvalue weighted by Gasteiger charge is -2.10. The lowest BCUT2D eigenvalue weighted by molar-refractivity contribution is 0.603. The fourth-order valence-corrected chi connectivity index (χ4v) is 4.55. The van der Waals surface area contributed by atoms with Gasteiger partial charge >= 0.3 is 0 Å². The zero-order valence-corrected chi connectivity index (χ0v) is 15.0. The van der Waals surface area contributed by atoms with Crippen molar-refractivity contribution in [3.63, 3.8) is 0 Å². The van der Waals surface area contributed by atoms with Gasteiger partial charge in [0.25, 0.3) is 10.0 Å². The average molecular weight is 380 g/mol. The van der Waals surface area contributed by atoms with Crippen molar-refractivity contribution in [3.05, 3.63) is 64.6 Å². The lowest BCUT2D eigenvalue weighted by atomic mass is 10.2. The van der Waals surface area contributed by atoms with E-state index < -0.39 is 10.0 Å². The Hall–Kier alpha value is -2.09. The van der Waals surface area contributed by atoms with Crippen molar-refractivity contribution in [2.45, 2.75) is 11.1 Å². The number of nitrogens with zero attached hydrogens (tertiary/aromatic N) is 1. The van der Waals surface area contributed by atoms with Crippen LogP contribution in [0.1, 0.15) is 5.56 Å². The van der Waals surface area contributed by atoms with E-state index >= 15 is 0 Å². The molecule has 0 amide bonds. The summed E-state index contributed by atoms with van der Waals surface area (Å²) in [7, 11) is -3.65. The number of aromatic nitrogens is 1. The minimum atomic E-state index is -3.65. The van der Waals surface area contributed by atoms with Crippen molar-refractivity contribution in [3.8, 4) is 0 Å². The van der Waals surface area contributed by atoms with Crippen LogP contribution in [0.25, 0.3) is 0 Å². The van der Waals surface area contributed by atoms with Crippen LogP contribution in [0, 0.1) is 6.92 Å². The molecule has 5 nitrogen and oxygen atoms in total. The molecule has 24 heavy (non-hydrogen) atoms. The van der Waals surface area contributed by atoms with Crippen LogP contribution in [0.5, 0.6) is 0 Å². The molecule has 0 unspecified atom stereocenters. The van der Waals surface area contributed by atoms with Crippen LogP contribution in [0.3, 0.4) is 0 Å². The number of benzene rings is 1. The maximum Gasteiger partial charge on any atom is 0.271 e. The Bertz CT molecular complexity index is 953. The summed E-state index contributed by atoms with van der Waals surface area (Å²) < 4.78 is 27.5. The van der Waals surface area contributed by atoms with E-state index in [-0.39, 0.29) is 4.21 Å². The van der Waals surface area contributed by atoms with Crippen molar-refractivity contribution in [2.75, 3.05) is 10.0 Å². The summed E-state index contributed by atoms with van der Waals surface area (Å²) in [6.07, 6.45) is 1.47. The zero-order valence-electron chi connectivity index (χ0n) is 12.7. The molecule has 0 saturated heterocycles. The molecule has 0 bridgehead atoms. The lowest BCUT2D eigenvalue weighted by Crippen LogP contribution is -2.11. The summed E-state index contributed by atoms with van der Waals surface area (Å²) in [5.74, 6) is 0.631. The van der Waals surface area contributed by atoms with E-state index in [1.807, 2.05) is 31.2 Å². The molecule has 0 fully saturated rings. The van der Waals surface area contributed by atoms with Crippen molar-refractivity contribution in [2.24, 2.45) is 0 Å². The third kappa shape index (κ3) is 3.87.